The molecule has 1 aromatic rings. The average molecular weight is 291 g/mol. The highest BCUT2D eigenvalue weighted by Gasteiger charge is 2.26. The maximum atomic E-state index is 12.0. The van der Waals surface area contributed by atoms with Crippen LogP contribution in [0.5, 0.6) is 0 Å². The average Bonchev–Trinajstić information content (AvgIpc) is 2.48. The highest BCUT2D eigenvalue weighted by molar-refractivity contribution is 5.83. The van der Waals surface area contributed by atoms with E-state index in [9.17, 15) is 14.7 Å². The van der Waals surface area contributed by atoms with E-state index in [0.29, 0.717) is 5.56 Å². The molecule has 2 amide bonds. The van der Waals surface area contributed by atoms with Crippen molar-refractivity contribution in [1.29, 1.82) is 0 Å². The van der Waals surface area contributed by atoms with Crippen molar-refractivity contribution in [3.05, 3.63) is 35.9 Å². The Hall–Kier alpha value is -2.08. The molecule has 3 atom stereocenters. The Kier molecular flexibility index (Phi) is 5.16. The molecule has 1 aliphatic carbocycles. The standard InChI is InChI=1S/C15H21N3O3/c16-11-8-4-5-9-12(11)17-15(21)18-13(14(19)20)10-6-2-1-3-7-10/h1-3,6-7,11-13H,4-5,8-9,16H2,(H,19,20)(H2,17,18,21)/t11?,12?,13-/m0/s1. The van der Waals surface area contributed by atoms with E-state index >= 15 is 0 Å². The van der Waals surface area contributed by atoms with Crippen LogP contribution in [-0.4, -0.2) is 29.2 Å². The SMILES string of the molecule is NC1CCCCC1NC(=O)N[C@H](C(=O)O)c1ccccc1. The summed E-state index contributed by atoms with van der Waals surface area (Å²) in [5.74, 6) is -1.09. The van der Waals surface area contributed by atoms with Gasteiger partial charge in [0, 0.05) is 12.1 Å². The summed E-state index contributed by atoms with van der Waals surface area (Å²) in [6, 6.07) is 6.90. The summed E-state index contributed by atoms with van der Waals surface area (Å²) in [7, 11) is 0. The Morgan fingerprint density at radius 2 is 1.86 bits per heavy atom. The van der Waals surface area contributed by atoms with Crippen LogP contribution >= 0.6 is 0 Å². The lowest BCUT2D eigenvalue weighted by Gasteiger charge is -2.29. The van der Waals surface area contributed by atoms with Crippen LogP contribution in [0.2, 0.25) is 0 Å². The summed E-state index contributed by atoms with van der Waals surface area (Å²) < 4.78 is 0. The second kappa shape index (κ2) is 7.08. The van der Waals surface area contributed by atoms with Crippen molar-refractivity contribution in [2.24, 2.45) is 5.73 Å². The van der Waals surface area contributed by atoms with Crippen molar-refractivity contribution in [2.45, 2.75) is 43.8 Å². The van der Waals surface area contributed by atoms with Crippen LogP contribution in [-0.2, 0) is 4.79 Å². The first kappa shape index (κ1) is 15.3. The molecule has 0 radical (unpaired) electrons. The lowest BCUT2D eigenvalue weighted by atomic mass is 9.91. The summed E-state index contributed by atoms with van der Waals surface area (Å²) in [5, 5.41) is 14.5. The Morgan fingerprint density at radius 3 is 2.48 bits per heavy atom. The molecule has 1 aromatic carbocycles. The molecule has 0 aliphatic heterocycles. The lowest BCUT2D eigenvalue weighted by Crippen LogP contribution is -2.53. The number of hydrogen-bond donors (Lipinski definition) is 4. The Balaban J connectivity index is 1.97. The third kappa shape index (κ3) is 4.19. The van der Waals surface area contributed by atoms with Gasteiger partial charge in [0.1, 0.15) is 0 Å². The van der Waals surface area contributed by atoms with Gasteiger partial charge in [-0.1, -0.05) is 43.2 Å². The van der Waals surface area contributed by atoms with Crippen LogP contribution in [0.1, 0.15) is 37.3 Å². The Labute approximate surface area is 123 Å². The highest BCUT2D eigenvalue weighted by atomic mass is 16.4. The number of benzene rings is 1. The van der Waals surface area contributed by atoms with Gasteiger partial charge in [0.15, 0.2) is 6.04 Å². The van der Waals surface area contributed by atoms with Gasteiger partial charge in [0.2, 0.25) is 0 Å². The molecule has 6 nitrogen and oxygen atoms in total. The van der Waals surface area contributed by atoms with Gasteiger partial charge in [0.25, 0.3) is 0 Å². The van der Waals surface area contributed by atoms with E-state index < -0.39 is 18.0 Å². The molecule has 1 fully saturated rings. The molecule has 1 aliphatic rings. The minimum Gasteiger partial charge on any atom is -0.479 e. The minimum absolute atomic E-state index is 0.0653. The fraction of sp³-hybridized carbons (Fsp3) is 0.467. The number of amides is 2. The first-order valence-electron chi connectivity index (χ1n) is 7.18. The largest absolute Gasteiger partial charge is 0.479 e. The van der Waals surface area contributed by atoms with Gasteiger partial charge in [-0.25, -0.2) is 9.59 Å². The Morgan fingerprint density at radius 1 is 1.19 bits per heavy atom. The van der Waals surface area contributed by atoms with Crippen LogP contribution in [0, 0.1) is 0 Å². The fourth-order valence-electron chi connectivity index (χ4n) is 2.61. The number of aliphatic carboxylic acids is 1. The van der Waals surface area contributed by atoms with Crippen LogP contribution in [0.4, 0.5) is 4.79 Å². The first-order valence-corrected chi connectivity index (χ1v) is 7.18. The number of rotatable bonds is 4. The second-order valence-electron chi connectivity index (χ2n) is 5.35. The molecule has 2 unspecified atom stereocenters. The molecule has 2 rings (SSSR count). The molecular weight excluding hydrogens is 270 g/mol. The zero-order valence-corrected chi connectivity index (χ0v) is 11.8. The second-order valence-corrected chi connectivity index (χ2v) is 5.35. The van der Waals surface area contributed by atoms with Crippen molar-refractivity contribution >= 4 is 12.0 Å². The Bertz CT molecular complexity index is 492. The van der Waals surface area contributed by atoms with Gasteiger partial charge in [-0.05, 0) is 18.4 Å². The molecular formula is C15H21N3O3. The number of carboxylic acid groups (broad SMARTS) is 1. The molecule has 0 aromatic heterocycles. The van der Waals surface area contributed by atoms with Crippen molar-refractivity contribution in [2.75, 3.05) is 0 Å². The van der Waals surface area contributed by atoms with Gasteiger partial charge in [-0.15, -0.1) is 0 Å². The molecule has 6 heteroatoms. The van der Waals surface area contributed by atoms with Crippen molar-refractivity contribution in [3.63, 3.8) is 0 Å². The van der Waals surface area contributed by atoms with E-state index in [1.807, 2.05) is 0 Å². The molecule has 1 saturated carbocycles. The minimum atomic E-state index is -1.09. The number of urea groups is 1. The monoisotopic (exact) mass is 291 g/mol. The number of nitrogens with two attached hydrogens (primary N) is 1. The third-order valence-electron chi connectivity index (χ3n) is 3.79. The zero-order valence-electron chi connectivity index (χ0n) is 11.8. The van der Waals surface area contributed by atoms with Gasteiger partial charge in [-0.3, -0.25) is 0 Å². The van der Waals surface area contributed by atoms with E-state index in [-0.39, 0.29) is 12.1 Å². The summed E-state index contributed by atoms with van der Waals surface area (Å²) in [6.07, 6.45) is 3.81. The number of carbonyl (C=O) groups is 2. The van der Waals surface area contributed by atoms with Crippen LogP contribution < -0.4 is 16.4 Å². The predicted molar refractivity (Wildman–Crippen MR) is 78.7 cm³/mol. The van der Waals surface area contributed by atoms with E-state index in [4.69, 9.17) is 5.73 Å². The molecule has 0 heterocycles. The van der Waals surface area contributed by atoms with Gasteiger partial charge in [-0.2, -0.15) is 0 Å². The molecule has 5 N–H and O–H groups in total. The van der Waals surface area contributed by atoms with Crippen molar-refractivity contribution in [1.82, 2.24) is 10.6 Å². The topological polar surface area (TPSA) is 104 Å². The van der Waals surface area contributed by atoms with Crippen LogP contribution in [0.15, 0.2) is 30.3 Å². The lowest BCUT2D eigenvalue weighted by molar-refractivity contribution is -0.139. The zero-order chi connectivity index (χ0) is 15.2. The smallest absolute Gasteiger partial charge is 0.330 e. The van der Waals surface area contributed by atoms with Gasteiger partial charge in [0.05, 0.1) is 0 Å². The maximum Gasteiger partial charge on any atom is 0.330 e. The highest BCUT2D eigenvalue weighted by Crippen LogP contribution is 2.17. The summed E-state index contributed by atoms with van der Waals surface area (Å²) in [6.45, 7) is 0. The molecule has 0 spiro atoms. The summed E-state index contributed by atoms with van der Waals surface area (Å²) >= 11 is 0. The maximum absolute atomic E-state index is 12.0. The third-order valence-corrected chi connectivity index (χ3v) is 3.79. The molecule has 21 heavy (non-hydrogen) atoms. The van der Waals surface area contributed by atoms with E-state index in [1.54, 1.807) is 30.3 Å². The van der Waals surface area contributed by atoms with Crippen LogP contribution in [0.3, 0.4) is 0 Å². The summed E-state index contributed by atoms with van der Waals surface area (Å²) in [5.41, 5.74) is 6.51. The fourth-order valence-corrected chi connectivity index (χ4v) is 2.61. The van der Waals surface area contributed by atoms with Gasteiger partial charge < -0.3 is 21.5 Å². The summed E-state index contributed by atoms with van der Waals surface area (Å²) in [4.78, 5) is 23.3. The quantitative estimate of drug-likeness (QED) is 0.672. The molecule has 114 valence electrons. The van der Waals surface area contributed by atoms with Crippen molar-refractivity contribution < 1.29 is 14.7 Å². The van der Waals surface area contributed by atoms with E-state index in [1.165, 1.54) is 0 Å². The van der Waals surface area contributed by atoms with Gasteiger partial charge >= 0.3 is 12.0 Å². The molecule has 0 saturated heterocycles. The normalized spacial score (nSPS) is 23.1. The predicted octanol–water partition coefficient (Wildman–Crippen LogP) is 1.38. The number of carbonyl (C=O) groups excluding carboxylic acids is 1. The number of carboxylic acids is 1. The first-order chi connectivity index (χ1) is 10.1. The van der Waals surface area contributed by atoms with Crippen LogP contribution in [0.25, 0.3) is 0 Å². The molecule has 0 bridgehead atoms. The van der Waals surface area contributed by atoms with E-state index in [0.717, 1.165) is 25.7 Å². The number of hydrogen-bond acceptors (Lipinski definition) is 3. The van der Waals surface area contributed by atoms with Crippen molar-refractivity contribution in [3.8, 4) is 0 Å². The van der Waals surface area contributed by atoms with E-state index in [2.05, 4.69) is 10.6 Å². The number of nitrogens with one attached hydrogen (secondary N) is 2.